The molecule has 0 aromatic carbocycles. The van der Waals surface area contributed by atoms with Crippen molar-refractivity contribution >= 4 is 210 Å². The molecule has 18 rings (SSSR count). The monoisotopic (exact) mass is 2300 g/mol. The highest BCUT2D eigenvalue weighted by atomic mass is 32.7. The lowest BCUT2D eigenvalue weighted by molar-refractivity contribution is -0.221. The average Bonchev–Trinajstić information content (AvgIpc) is 1.73. The Hall–Kier alpha value is -7.16. The Morgan fingerprint density at radius 3 is 0.890 bits per heavy atom. The highest BCUT2D eigenvalue weighted by molar-refractivity contribution is 8.32. The third-order valence-electron chi connectivity index (χ3n) is 24.3. The second-order valence-electron chi connectivity index (χ2n) is 33.9. The first kappa shape index (κ1) is 109. The fourth-order valence-electron chi connectivity index (χ4n) is 17.2. The number of nitrogens with one attached hydrogen (secondary N) is 1. The van der Waals surface area contributed by atoms with Gasteiger partial charge in [0.05, 0.1) is 114 Å². The van der Waals surface area contributed by atoms with E-state index in [0.29, 0.717) is 28.7 Å². The second kappa shape index (κ2) is 43.8. The smallest absolute Gasteiger partial charge is 0.351 e. The van der Waals surface area contributed by atoms with Gasteiger partial charge in [0.1, 0.15) is 180 Å². The van der Waals surface area contributed by atoms with Crippen LogP contribution < -0.4 is 86.4 Å². The topological polar surface area (TPSA) is 804 Å². The van der Waals surface area contributed by atoms with Gasteiger partial charge in [0.2, 0.25) is 0 Å². The summed E-state index contributed by atoms with van der Waals surface area (Å²) in [6.07, 6.45) is -14.3. The Bertz CT molecular complexity index is 7400. The van der Waals surface area contributed by atoms with Crippen LogP contribution >= 0.6 is 47.1 Å². The van der Waals surface area contributed by atoms with E-state index < -0.39 is 251 Å². The van der Waals surface area contributed by atoms with Crippen LogP contribution in [0.2, 0.25) is 0 Å². The first-order chi connectivity index (χ1) is 69.1. The number of anilines is 6. The molecule has 13 N–H and O–H groups in total. The quantitative estimate of drug-likeness (QED) is 0.0176. The summed E-state index contributed by atoms with van der Waals surface area (Å²) in [5.41, 5.74) is 35.4. The SMILES string of the molecule is CC[C@H]1O[C@@H](n2cnc3c(N)ncnc32)CC1OP([O-])(=S)OC[C@H]1O[C@@H](n2cnc3c(N)ncnc32)CC1OP(=O)([S-])OC[C@H]1O[C@@H](n2cnc3c(N)ncnc32)CC1OP([O-])(=S)OC[C@H]1O[C@@H](n2cc(C)c(N)nc2=O)CC1OP([O-])(=S)OC[C@H]1O[C@@H](n2cc(C)c(=O)[nH]c2=O)CC1OP([O-])(=S)OC[C@H]1O[C@@H](n2cc(C)c(N)nc2=O)CC1OP([O-])(=S)OC[C@H]1O[C@@H](n2cnc3c(N)ncnc32)CC1OP([O-])(=S)OC. The normalized spacial score (nSPS) is 29.5. The largest absolute Gasteiger partial charge is 0.780 e. The van der Waals surface area contributed by atoms with E-state index in [0.717, 1.165) is 33.3 Å². The molecule has 11 aromatic rings. The molecular weight excluding hydrogens is 2210 g/mol. The zero-order valence-electron chi connectivity index (χ0n) is 76.3. The number of hydrogen-bond donors (Lipinski definition) is 7. The summed E-state index contributed by atoms with van der Waals surface area (Å²) in [4.78, 5) is 201. The molecule has 0 radical (unpaired) electrons. The van der Waals surface area contributed by atoms with Crippen molar-refractivity contribution in [3.05, 3.63) is 128 Å². The van der Waals surface area contributed by atoms with Crippen molar-refractivity contribution in [1.82, 2.24) is 107 Å². The Balaban J connectivity index is 0.555. The lowest BCUT2D eigenvalue weighted by Crippen LogP contribution is -2.34. The fourth-order valence-corrected chi connectivity index (χ4v) is 26.9. The third kappa shape index (κ3) is 24.5. The fraction of sp³-hybridized carbons (Fsp3) is 0.556. The van der Waals surface area contributed by atoms with Crippen molar-refractivity contribution in [1.29, 1.82) is 0 Å². The molecule has 0 amide bonds. The summed E-state index contributed by atoms with van der Waals surface area (Å²) >= 11 is 38.3. The van der Waals surface area contributed by atoms with Crippen molar-refractivity contribution in [2.24, 2.45) is 0 Å². The van der Waals surface area contributed by atoms with Gasteiger partial charge < -0.3 is 173 Å². The van der Waals surface area contributed by atoms with Gasteiger partial charge in [0, 0.05) is 87.3 Å². The number of nitrogens with zero attached hydrogens (tertiary/aromatic N) is 21. The van der Waals surface area contributed by atoms with Gasteiger partial charge in [-0.25, -0.2) is 74.2 Å². The van der Waals surface area contributed by atoms with Crippen LogP contribution in [0.25, 0.3) is 44.7 Å². The Morgan fingerprint density at radius 2 is 0.603 bits per heavy atom. The lowest BCUT2D eigenvalue weighted by atomic mass is 10.1. The molecule has 7 aliphatic rings. The van der Waals surface area contributed by atoms with E-state index in [1.807, 2.05) is 6.92 Å². The van der Waals surface area contributed by atoms with Crippen molar-refractivity contribution < 1.29 is 130 Å². The van der Waals surface area contributed by atoms with Gasteiger partial charge in [-0.05, 0) is 27.2 Å². The maximum atomic E-state index is 15.0. The zero-order chi connectivity index (χ0) is 104. The predicted octanol–water partition coefficient (Wildman–Crippen LogP) is -1.14. The molecular formula is C72H88N28O32P7S7-7. The van der Waals surface area contributed by atoms with Crippen LogP contribution in [0.15, 0.2) is 88.4 Å². The van der Waals surface area contributed by atoms with Gasteiger partial charge in [-0.1, -0.05) is 77.8 Å². The van der Waals surface area contributed by atoms with Crippen LogP contribution in [0.5, 0.6) is 0 Å². The molecule has 0 spiro atoms. The van der Waals surface area contributed by atoms with E-state index in [1.165, 1.54) is 84.2 Å². The molecule has 0 saturated carbocycles. The van der Waals surface area contributed by atoms with Gasteiger partial charge in [-0.15, -0.1) is 0 Å². The molecule has 11 aromatic heterocycles. The number of ether oxygens (including phenoxy) is 7. The first-order valence-electron chi connectivity index (χ1n) is 43.8. The molecule has 18 heterocycles. The van der Waals surface area contributed by atoms with E-state index in [1.54, 1.807) is 11.5 Å². The molecule has 146 heavy (non-hydrogen) atoms. The van der Waals surface area contributed by atoms with Gasteiger partial charge in [-0.3, -0.25) is 46.3 Å². The maximum absolute atomic E-state index is 15.0. The van der Waals surface area contributed by atoms with Gasteiger partial charge >= 0.3 is 17.1 Å². The van der Waals surface area contributed by atoms with Gasteiger partial charge in [-0.2, -0.15) is 9.97 Å². The first-order valence-corrected chi connectivity index (χ1v) is 61.7. The molecule has 7 aliphatic heterocycles. The van der Waals surface area contributed by atoms with Crippen molar-refractivity contribution in [3.8, 4) is 0 Å². The molecule has 74 heteroatoms. The van der Waals surface area contributed by atoms with Crippen LogP contribution in [0.1, 0.15) is 119 Å². The van der Waals surface area contributed by atoms with E-state index in [9.17, 15) is 48.2 Å². The number of hydrogen-bond acceptors (Lipinski definition) is 59. The summed E-state index contributed by atoms with van der Waals surface area (Å²) in [5.74, 6) is -0.0560. The summed E-state index contributed by atoms with van der Waals surface area (Å²) < 4.78 is 151. The third-order valence-corrected chi connectivity index (χ3v) is 35.4. The van der Waals surface area contributed by atoms with E-state index in [-0.39, 0.29) is 106 Å². The molecule has 28 atom stereocenters. The summed E-state index contributed by atoms with van der Waals surface area (Å²) in [5, 5.41) is 0. The van der Waals surface area contributed by atoms with Crippen molar-refractivity contribution in [2.75, 3.05) is 81.2 Å². The minimum Gasteiger partial charge on any atom is -0.780 e. The average molecular weight is 2300 g/mol. The Kier molecular flexibility index (Phi) is 32.6. The maximum Gasteiger partial charge on any atom is 0.351 e. The zero-order valence-corrected chi connectivity index (χ0v) is 88.3. The second-order valence-corrected chi connectivity index (χ2v) is 52.9. The highest BCUT2D eigenvalue weighted by Gasteiger charge is 2.50. The van der Waals surface area contributed by atoms with Gasteiger partial charge in [0.25, 0.3) is 5.56 Å². The van der Waals surface area contributed by atoms with E-state index in [2.05, 4.69) is 74.8 Å². The standard InChI is InChI=1S/C72H95N28O32P7S7/c1-6-34-35(7-51(119-34)97-27-87-55-61(75)79-23-83-65(55)97)127-134(106,141)113-21-46-40(12-53(124-46)99-29-89-57-63(77)81-25-85-67(57)99)132-139(111,146)118-22-47-41(13-54(125-47)100-30-90-58-64(78)82-26-86-68(58)100)131-138(110,145)117-19-44-38(9-49(121-44)95-15-32(3)60(74)92-71(95)103)129-136(108,143)116-20-45-39(10-50(122-45)96-16-33(4)69(101)93-72(96)104)130-137(109,144)115-18-43-37(8-48(120-43)94-14-31(2)59(73)91-70(94)102)128-135(107,142)114-17-42-36(126-133(105,140)112-5)11-52(123-42)98-28-88-56-62(76)80-24-84-66(56)98/h14-16,23-30,34-54H,6-13,17-22H2,1-5H3,(H,105,140)(H,106,141)(H,107,142)(H,108,143)(H,109,144)(H,110,145)(H,111,146)(H2,73,91,102)(H2,74,92,103)(H2,75,79,83)(H2,76,80,84)(H2,77,81,85)(H2,78,82,86)(H,93,101,104)/p-7/t34-,35?,36?,37?,38?,39?,40?,41?,42-,43-,44-,45-,46-,47-,48-,49-,50-,51-,52-,53-,54-,133?,134?,135?,136?,137?,138?,139?/m1/s1. The number of aryl methyl sites for hydroxylation is 3. The molecule has 60 nitrogen and oxygen atoms in total. The molecule has 792 valence electrons. The number of nitrogen functional groups attached to an aromatic ring is 6. The van der Waals surface area contributed by atoms with Crippen molar-refractivity contribution in [3.63, 3.8) is 0 Å². The number of fused-ring (bicyclic) bond motifs is 4. The number of aromatic nitrogens is 22. The minimum atomic E-state index is -5.04. The summed E-state index contributed by atoms with van der Waals surface area (Å²) in [7, 11) is 1.07. The molecule has 0 aliphatic carbocycles. The summed E-state index contributed by atoms with van der Waals surface area (Å²) in [6, 6.07) is 0. The Morgan fingerprint density at radius 1 is 0.356 bits per heavy atom. The number of nitrogens with two attached hydrogens (primary N) is 6. The number of imidazole rings is 4. The highest BCUT2D eigenvalue weighted by Crippen LogP contribution is 2.57. The van der Waals surface area contributed by atoms with Crippen LogP contribution in [-0.2, 0) is 184 Å². The summed E-state index contributed by atoms with van der Waals surface area (Å²) in [6.45, 7) is -31.9. The van der Waals surface area contributed by atoms with Crippen LogP contribution in [-0.4, -0.2) is 239 Å². The lowest BCUT2D eigenvalue weighted by Gasteiger charge is -2.36. The molecule has 7 saturated heterocycles. The van der Waals surface area contributed by atoms with Crippen LogP contribution in [0, 0.1) is 20.8 Å². The van der Waals surface area contributed by atoms with Crippen LogP contribution in [0.3, 0.4) is 0 Å². The van der Waals surface area contributed by atoms with Crippen molar-refractivity contribution in [2.45, 2.75) is 208 Å². The minimum absolute atomic E-state index is 0.0156. The number of H-pyrrole nitrogens is 1. The predicted molar refractivity (Wildman–Crippen MR) is 518 cm³/mol. The van der Waals surface area contributed by atoms with Gasteiger partial charge in [0.15, 0.2) is 52.7 Å². The number of aromatic amines is 1. The van der Waals surface area contributed by atoms with Crippen LogP contribution in [0.4, 0.5) is 34.9 Å². The molecule has 7 fully saturated rings. The number of rotatable bonds is 41. The molecule has 14 unspecified atom stereocenters. The Labute approximate surface area is 858 Å². The van der Waals surface area contributed by atoms with E-state index >= 15 is 4.89 Å². The molecule has 0 bridgehead atoms. The van der Waals surface area contributed by atoms with E-state index in [4.69, 9.17) is 214 Å².